The molecule has 1 nitrogen and oxygen atoms in total. The number of halogens is 1. The van der Waals surface area contributed by atoms with Crippen LogP contribution in [-0.4, -0.2) is 12.3 Å². The van der Waals surface area contributed by atoms with Gasteiger partial charge in [0, 0.05) is 18.7 Å². The van der Waals surface area contributed by atoms with Crippen LogP contribution < -0.4 is 0 Å². The monoisotopic (exact) mass is 191 g/mol. The highest BCUT2D eigenvalue weighted by Crippen LogP contribution is 2.11. The van der Waals surface area contributed by atoms with Crippen molar-refractivity contribution < 1.29 is 4.39 Å². The molecule has 0 unspecified atom stereocenters. The van der Waals surface area contributed by atoms with Crippen molar-refractivity contribution in [2.75, 3.05) is 6.54 Å². The molecular weight excluding hydrogens is 177 g/mol. The second-order valence-corrected chi connectivity index (χ2v) is 3.71. The highest BCUT2D eigenvalue weighted by Gasteiger charge is 2.05. The van der Waals surface area contributed by atoms with E-state index in [1.54, 1.807) is 0 Å². The fourth-order valence-corrected chi connectivity index (χ4v) is 1.74. The predicted octanol–water partition coefficient (Wildman–Crippen LogP) is 2.99. The van der Waals surface area contributed by atoms with E-state index in [9.17, 15) is 4.39 Å². The summed E-state index contributed by atoms with van der Waals surface area (Å²) in [5.74, 6) is -0.167. The lowest BCUT2D eigenvalue weighted by Crippen LogP contribution is -2.09. The SMILES string of the molecule is Fc1ccc(CC2=NCCCC2)cc1. The van der Waals surface area contributed by atoms with E-state index in [0.29, 0.717) is 0 Å². The summed E-state index contributed by atoms with van der Waals surface area (Å²) in [6.45, 7) is 0.969. The fourth-order valence-electron chi connectivity index (χ4n) is 1.74. The standard InChI is InChI=1S/C12H14FN/c13-11-6-4-10(5-7-11)9-12-3-1-2-8-14-12/h4-7H,1-3,8-9H2. The molecule has 0 N–H and O–H groups in total. The van der Waals surface area contributed by atoms with Crippen LogP contribution in [0.2, 0.25) is 0 Å². The van der Waals surface area contributed by atoms with E-state index in [4.69, 9.17) is 0 Å². The van der Waals surface area contributed by atoms with E-state index in [-0.39, 0.29) is 5.82 Å². The number of rotatable bonds is 2. The Hall–Kier alpha value is -1.18. The van der Waals surface area contributed by atoms with Crippen molar-refractivity contribution in [2.45, 2.75) is 25.7 Å². The molecule has 0 bridgehead atoms. The Labute approximate surface area is 83.7 Å². The van der Waals surface area contributed by atoms with Crippen LogP contribution in [0.5, 0.6) is 0 Å². The van der Waals surface area contributed by atoms with Crippen molar-refractivity contribution in [1.29, 1.82) is 0 Å². The van der Waals surface area contributed by atoms with E-state index in [1.807, 2.05) is 12.1 Å². The third-order valence-corrected chi connectivity index (χ3v) is 2.53. The second kappa shape index (κ2) is 4.36. The molecule has 1 aliphatic heterocycles. The van der Waals surface area contributed by atoms with Crippen LogP contribution in [0.3, 0.4) is 0 Å². The Morgan fingerprint density at radius 3 is 2.57 bits per heavy atom. The van der Waals surface area contributed by atoms with Gasteiger partial charge in [0.15, 0.2) is 0 Å². The van der Waals surface area contributed by atoms with Gasteiger partial charge in [-0.3, -0.25) is 4.99 Å². The summed E-state index contributed by atoms with van der Waals surface area (Å²) in [6, 6.07) is 6.70. The van der Waals surface area contributed by atoms with Gasteiger partial charge in [0.05, 0.1) is 0 Å². The molecule has 0 fully saturated rings. The number of nitrogens with zero attached hydrogens (tertiary/aromatic N) is 1. The lowest BCUT2D eigenvalue weighted by atomic mass is 10.0. The molecule has 1 aromatic rings. The van der Waals surface area contributed by atoms with Gasteiger partial charge in [-0.1, -0.05) is 12.1 Å². The van der Waals surface area contributed by atoms with E-state index in [0.717, 1.165) is 24.9 Å². The van der Waals surface area contributed by atoms with Gasteiger partial charge in [0.2, 0.25) is 0 Å². The van der Waals surface area contributed by atoms with Gasteiger partial charge in [-0.2, -0.15) is 0 Å². The smallest absolute Gasteiger partial charge is 0.123 e. The van der Waals surface area contributed by atoms with E-state index < -0.39 is 0 Å². The normalized spacial score (nSPS) is 16.5. The van der Waals surface area contributed by atoms with Gasteiger partial charge in [0.25, 0.3) is 0 Å². The molecule has 0 spiro atoms. The van der Waals surface area contributed by atoms with Crippen LogP contribution in [0.4, 0.5) is 4.39 Å². The van der Waals surface area contributed by atoms with Gasteiger partial charge >= 0.3 is 0 Å². The molecule has 2 rings (SSSR count). The molecule has 0 aliphatic carbocycles. The van der Waals surface area contributed by atoms with Gasteiger partial charge in [-0.25, -0.2) is 4.39 Å². The topological polar surface area (TPSA) is 12.4 Å². The average molecular weight is 191 g/mol. The summed E-state index contributed by atoms with van der Waals surface area (Å²) in [4.78, 5) is 4.47. The highest BCUT2D eigenvalue weighted by molar-refractivity contribution is 5.86. The van der Waals surface area contributed by atoms with E-state index >= 15 is 0 Å². The molecule has 74 valence electrons. The maximum Gasteiger partial charge on any atom is 0.123 e. The largest absolute Gasteiger partial charge is 0.294 e. The Morgan fingerprint density at radius 2 is 1.93 bits per heavy atom. The van der Waals surface area contributed by atoms with Crippen LogP contribution in [0, 0.1) is 5.82 Å². The van der Waals surface area contributed by atoms with Crippen molar-refractivity contribution in [3.05, 3.63) is 35.6 Å². The van der Waals surface area contributed by atoms with Crippen molar-refractivity contribution in [3.63, 3.8) is 0 Å². The molecule has 0 radical (unpaired) electrons. The first kappa shape index (κ1) is 9.38. The third kappa shape index (κ3) is 2.41. The minimum atomic E-state index is -0.167. The second-order valence-electron chi connectivity index (χ2n) is 3.71. The summed E-state index contributed by atoms with van der Waals surface area (Å²) in [7, 11) is 0. The minimum Gasteiger partial charge on any atom is -0.294 e. The number of hydrogen-bond donors (Lipinski definition) is 0. The van der Waals surface area contributed by atoms with Gasteiger partial charge < -0.3 is 0 Å². The molecular formula is C12H14FN. The van der Waals surface area contributed by atoms with Crippen molar-refractivity contribution in [3.8, 4) is 0 Å². The quantitative estimate of drug-likeness (QED) is 0.681. The van der Waals surface area contributed by atoms with E-state index in [2.05, 4.69) is 4.99 Å². The first-order valence-corrected chi connectivity index (χ1v) is 5.11. The van der Waals surface area contributed by atoms with Crippen molar-refractivity contribution >= 4 is 5.71 Å². The summed E-state index contributed by atoms with van der Waals surface area (Å²) in [5.41, 5.74) is 2.43. The zero-order chi connectivity index (χ0) is 9.80. The number of hydrogen-bond acceptors (Lipinski definition) is 1. The predicted molar refractivity (Wildman–Crippen MR) is 56.3 cm³/mol. The highest BCUT2D eigenvalue weighted by atomic mass is 19.1. The molecule has 2 heteroatoms. The summed E-state index contributed by atoms with van der Waals surface area (Å²) >= 11 is 0. The van der Waals surface area contributed by atoms with Crippen LogP contribution in [-0.2, 0) is 6.42 Å². The number of aliphatic imine (C=N–C) groups is 1. The first-order chi connectivity index (χ1) is 6.84. The maximum absolute atomic E-state index is 12.6. The Bertz CT molecular complexity index is 327. The first-order valence-electron chi connectivity index (χ1n) is 5.11. The molecule has 1 heterocycles. The van der Waals surface area contributed by atoms with Crippen molar-refractivity contribution in [2.24, 2.45) is 4.99 Å². The van der Waals surface area contributed by atoms with Crippen LogP contribution >= 0.6 is 0 Å². The summed E-state index contributed by atoms with van der Waals surface area (Å²) in [6.07, 6.45) is 4.46. The number of benzene rings is 1. The average Bonchev–Trinajstić information content (AvgIpc) is 2.23. The minimum absolute atomic E-state index is 0.167. The molecule has 0 aromatic heterocycles. The molecule has 0 saturated carbocycles. The molecule has 1 aliphatic rings. The van der Waals surface area contributed by atoms with E-state index in [1.165, 1.54) is 30.7 Å². The molecule has 0 saturated heterocycles. The summed E-state index contributed by atoms with van der Waals surface area (Å²) in [5, 5.41) is 0. The Balaban J connectivity index is 2.03. The van der Waals surface area contributed by atoms with Crippen LogP contribution in [0.25, 0.3) is 0 Å². The maximum atomic E-state index is 12.6. The Morgan fingerprint density at radius 1 is 1.14 bits per heavy atom. The van der Waals surface area contributed by atoms with Crippen molar-refractivity contribution in [1.82, 2.24) is 0 Å². The van der Waals surface area contributed by atoms with Gasteiger partial charge in [0.1, 0.15) is 5.82 Å². The molecule has 1 aromatic carbocycles. The zero-order valence-corrected chi connectivity index (χ0v) is 8.17. The van der Waals surface area contributed by atoms with Crippen LogP contribution in [0.1, 0.15) is 24.8 Å². The Kier molecular flexibility index (Phi) is 2.92. The summed E-state index contributed by atoms with van der Waals surface area (Å²) < 4.78 is 12.6. The lowest BCUT2D eigenvalue weighted by molar-refractivity contribution is 0.627. The zero-order valence-electron chi connectivity index (χ0n) is 8.17. The van der Waals surface area contributed by atoms with Gasteiger partial charge in [-0.05, 0) is 37.0 Å². The van der Waals surface area contributed by atoms with Crippen LogP contribution in [0.15, 0.2) is 29.3 Å². The lowest BCUT2D eigenvalue weighted by Gasteiger charge is -2.11. The fraction of sp³-hybridized carbons (Fsp3) is 0.417. The molecule has 0 amide bonds. The van der Waals surface area contributed by atoms with Gasteiger partial charge in [-0.15, -0.1) is 0 Å². The molecule has 0 atom stereocenters. The third-order valence-electron chi connectivity index (χ3n) is 2.53. The molecule has 14 heavy (non-hydrogen) atoms.